The highest BCUT2D eigenvalue weighted by atomic mass is 14.6. The standard InChI is InChI=1S/C13H22N2/c1-9-6-7-12(11(3)10(9)2)13(15)5-4-8-14/h6-7,13H,4-5,8,14-15H2,1-3H3. The molecule has 0 bridgehead atoms. The molecule has 1 aromatic rings. The third-order valence-electron chi connectivity index (χ3n) is 3.22. The molecule has 0 fully saturated rings. The van der Waals surface area contributed by atoms with Crippen LogP contribution >= 0.6 is 0 Å². The molecule has 0 aromatic heterocycles. The van der Waals surface area contributed by atoms with Gasteiger partial charge in [0.15, 0.2) is 0 Å². The fourth-order valence-corrected chi connectivity index (χ4v) is 1.87. The summed E-state index contributed by atoms with van der Waals surface area (Å²) in [5.41, 5.74) is 16.9. The van der Waals surface area contributed by atoms with Crippen molar-refractivity contribution in [3.05, 3.63) is 34.4 Å². The van der Waals surface area contributed by atoms with Crippen LogP contribution in [0.15, 0.2) is 12.1 Å². The lowest BCUT2D eigenvalue weighted by atomic mass is 9.93. The van der Waals surface area contributed by atoms with Gasteiger partial charge in [0.1, 0.15) is 0 Å². The molecular weight excluding hydrogens is 184 g/mol. The van der Waals surface area contributed by atoms with Crippen LogP contribution in [0.5, 0.6) is 0 Å². The van der Waals surface area contributed by atoms with Crippen LogP contribution in [0.4, 0.5) is 0 Å². The Morgan fingerprint density at radius 2 is 1.80 bits per heavy atom. The van der Waals surface area contributed by atoms with Gasteiger partial charge in [-0.05, 0) is 62.4 Å². The van der Waals surface area contributed by atoms with Crippen molar-refractivity contribution in [3.63, 3.8) is 0 Å². The summed E-state index contributed by atoms with van der Waals surface area (Å²) in [5, 5.41) is 0. The van der Waals surface area contributed by atoms with E-state index >= 15 is 0 Å². The van der Waals surface area contributed by atoms with Crippen LogP contribution in [0.2, 0.25) is 0 Å². The van der Waals surface area contributed by atoms with Gasteiger partial charge < -0.3 is 11.5 Å². The Morgan fingerprint density at radius 3 is 2.40 bits per heavy atom. The lowest BCUT2D eigenvalue weighted by Crippen LogP contribution is -2.14. The van der Waals surface area contributed by atoms with E-state index in [1.165, 1.54) is 22.3 Å². The van der Waals surface area contributed by atoms with Gasteiger partial charge in [0.25, 0.3) is 0 Å². The lowest BCUT2D eigenvalue weighted by molar-refractivity contribution is 0.614. The van der Waals surface area contributed by atoms with Crippen molar-refractivity contribution in [1.82, 2.24) is 0 Å². The first-order valence-corrected chi connectivity index (χ1v) is 5.60. The minimum atomic E-state index is 0.132. The molecule has 0 spiro atoms. The van der Waals surface area contributed by atoms with Gasteiger partial charge in [0.2, 0.25) is 0 Å². The molecule has 2 nitrogen and oxygen atoms in total. The van der Waals surface area contributed by atoms with Crippen molar-refractivity contribution in [2.24, 2.45) is 11.5 Å². The van der Waals surface area contributed by atoms with Crippen molar-refractivity contribution < 1.29 is 0 Å². The second-order valence-electron chi connectivity index (χ2n) is 4.26. The van der Waals surface area contributed by atoms with Gasteiger partial charge in [-0.1, -0.05) is 12.1 Å². The van der Waals surface area contributed by atoms with Crippen LogP contribution in [0, 0.1) is 20.8 Å². The third kappa shape index (κ3) is 2.80. The topological polar surface area (TPSA) is 52.0 Å². The van der Waals surface area contributed by atoms with E-state index < -0.39 is 0 Å². The second-order valence-corrected chi connectivity index (χ2v) is 4.26. The molecule has 1 atom stereocenters. The zero-order chi connectivity index (χ0) is 11.4. The molecule has 0 aliphatic rings. The first kappa shape index (κ1) is 12.2. The molecule has 4 N–H and O–H groups in total. The molecule has 0 saturated heterocycles. The molecule has 0 heterocycles. The number of aryl methyl sites for hydroxylation is 1. The summed E-state index contributed by atoms with van der Waals surface area (Å²) < 4.78 is 0. The maximum absolute atomic E-state index is 6.15. The molecule has 1 unspecified atom stereocenters. The Balaban J connectivity index is 2.90. The molecule has 15 heavy (non-hydrogen) atoms. The summed E-state index contributed by atoms with van der Waals surface area (Å²) in [6, 6.07) is 4.44. The Morgan fingerprint density at radius 1 is 1.13 bits per heavy atom. The monoisotopic (exact) mass is 206 g/mol. The van der Waals surface area contributed by atoms with Gasteiger partial charge in [0, 0.05) is 6.04 Å². The van der Waals surface area contributed by atoms with E-state index in [1.807, 2.05) is 0 Å². The quantitative estimate of drug-likeness (QED) is 0.794. The number of benzene rings is 1. The zero-order valence-electron chi connectivity index (χ0n) is 10.0. The van der Waals surface area contributed by atoms with Crippen molar-refractivity contribution >= 4 is 0 Å². The summed E-state index contributed by atoms with van der Waals surface area (Å²) in [7, 11) is 0. The summed E-state index contributed by atoms with van der Waals surface area (Å²) >= 11 is 0. The second kappa shape index (κ2) is 5.29. The molecule has 0 amide bonds. The molecule has 1 aromatic carbocycles. The van der Waals surface area contributed by atoms with Gasteiger partial charge in [-0.2, -0.15) is 0 Å². The summed E-state index contributed by atoms with van der Waals surface area (Å²) in [4.78, 5) is 0. The van der Waals surface area contributed by atoms with Crippen molar-refractivity contribution in [3.8, 4) is 0 Å². The Labute approximate surface area is 92.7 Å². The first-order valence-electron chi connectivity index (χ1n) is 5.60. The largest absolute Gasteiger partial charge is 0.330 e. The van der Waals surface area contributed by atoms with E-state index in [4.69, 9.17) is 11.5 Å². The number of rotatable bonds is 4. The third-order valence-corrected chi connectivity index (χ3v) is 3.22. The zero-order valence-corrected chi connectivity index (χ0v) is 10.0. The molecular formula is C13H22N2. The number of nitrogens with two attached hydrogens (primary N) is 2. The highest BCUT2D eigenvalue weighted by molar-refractivity contribution is 5.40. The molecule has 0 aliphatic carbocycles. The fraction of sp³-hybridized carbons (Fsp3) is 0.538. The number of hydrogen-bond donors (Lipinski definition) is 2. The van der Waals surface area contributed by atoms with Gasteiger partial charge in [-0.3, -0.25) is 0 Å². The van der Waals surface area contributed by atoms with Crippen molar-refractivity contribution in [2.45, 2.75) is 39.7 Å². The SMILES string of the molecule is Cc1ccc(C(N)CCCN)c(C)c1C. The van der Waals surface area contributed by atoms with Gasteiger partial charge in [-0.15, -0.1) is 0 Å². The Hall–Kier alpha value is -0.860. The molecule has 1 rings (SSSR count). The summed E-state index contributed by atoms with van der Waals surface area (Å²) in [6.07, 6.45) is 1.97. The smallest absolute Gasteiger partial charge is 0.0298 e. The van der Waals surface area contributed by atoms with E-state index in [0.29, 0.717) is 0 Å². The van der Waals surface area contributed by atoms with Crippen LogP contribution < -0.4 is 11.5 Å². The maximum atomic E-state index is 6.15. The Kier molecular flexibility index (Phi) is 4.30. The van der Waals surface area contributed by atoms with E-state index in [1.54, 1.807) is 0 Å². The van der Waals surface area contributed by atoms with E-state index in [-0.39, 0.29) is 6.04 Å². The molecule has 0 saturated carbocycles. The fourth-order valence-electron chi connectivity index (χ4n) is 1.87. The summed E-state index contributed by atoms with van der Waals surface area (Å²) in [6.45, 7) is 7.17. The average Bonchev–Trinajstić information content (AvgIpc) is 2.23. The highest BCUT2D eigenvalue weighted by Crippen LogP contribution is 2.24. The van der Waals surface area contributed by atoms with Gasteiger partial charge in [0.05, 0.1) is 0 Å². The predicted octanol–water partition coefficient (Wildman–Crippen LogP) is 2.35. The summed E-state index contributed by atoms with van der Waals surface area (Å²) in [5.74, 6) is 0. The first-order chi connectivity index (χ1) is 7.07. The van der Waals surface area contributed by atoms with Crippen molar-refractivity contribution in [2.75, 3.05) is 6.54 Å². The normalized spacial score (nSPS) is 12.9. The van der Waals surface area contributed by atoms with Gasteiger partial charge in [-0.25, -0.2) is 0 Å². The van der Waals surface area contributed by atoms with E-state index in [9.17, 15) is 0 Å². The minimum Gasteiger partial charge on any atom is -0.330 e. The molecule has 0 radical (unpaired) electrons. The number of hydrogen-bond acceptors (Lipinski definition) is 2. The van der Waals surface area contributed by atoms with Crippen LogP contribution in [-0.4, -0.2) is 6.54 Å². The lowest BCUT2D eigenvalue weighted by Gasteiger charge is -2.17. The van der Waals surface area contributed by atoms with Crippen LogP contribution in [0.1, 0.15) is 41.1 Å². The van der Waals surface area contributed by atoms with Crippen molar-refractivity contribution in [1.29, 1.82) is 0 Å². The van der Waals surface area contributed by atoms with Crippen LogP contribution in [0.25, 0.3) is 0 Å². The maximum Gasteiger partial charge on any atom is 0.0298 e. The average molecular weight is 206 g/mol. The molecule has 84 valence electrons. The predicted molar refractivity (Wildman–Crippen MR) is 65.9 cm³/mol. The van der Waals surface area contributed by atoms with Gasteiger partial charge >= 0.3 is 0 Å². The van der Waals surface area contributed by atoms with E-state index in [0.717, 1.165) is 19.4 Å². The van der Waals surface area contributed by atoms with E-state index in [2.05, 4.69) is 32.9 Å². The van der Waals surface area contributed by atoms with Crippen LogP contribution in [-0.2, 0) is 0 Å². The molecule has 0 aliphatic heterocycles. The minimum absolute atomic E-state index is 0.132. The molecule has 2 heteroatoms. The van der Waals surface area contributed by atoms with Crippen LogP contribution in [0.3, 0.4) is 0 Å². The highest BCUT2D eigenvalue weighted by Gasteiger charge is 2.10. The Bertz CT molecular complexity index is 332.